The van der Waals surface area contributed by atoms with Gasteiger partial charge in [0.15, 0.2) is 0 Å². The summed E-state index contributed by atoms with van der Waals surface area (Å²) in [6.45, 7) is 1.07. The molecule has 1 heterocycles. The van der Waals surface area contributed by atoms with Gasteiger partial charge >= 0.3 is 6.03 Å². The molecule has 0 radical (unpaired) electrons. The van der Waals surface area contributed by atoms with Gasteiger partial charge in [0, 0.05) is 23.7 Å². The van der Waals surface area contributed by atoms with Crippen molar-refractivity contribution in [2.24, 2.45) is 5.11 Å². The zero-order valence-corrected chi connectivity index (χ0v) is 10.6. The van der Waals surface area contributed by atoms with Crippen LogP contribution in [-0.2, 0) is 0 Å². The van der Waals surface area contributed by atoms with E-state index in [4.69, 9.17) is 10.3 Å². The van der Waals surface area contributed by atoms with Crippen LogP contribution in [0.3, 0.4) is 0 Å². The summed E-state index contributed by atoms with van der Waals surface area (Å²) < 4.78 is 5.05. The number of methoxy groups -OCH3 is 1. The average molecular weight is 261 g/mol. The summed E-state index contributed by atoms with van der Waals surface area (Å²) in [5.41, 5.74) is 9.07. The standard InChI is InChI=1S/C12H15N5O2/c1-19-11-4-2-9(3-5-11)14-12(18)17-7-6-10(8-17)15-16-13/h2-5,10H,6-8H2,1H3,(H,14,18). The molecule has 1 aliphatic heterocycles. The van der Waals surface area contributed by atoms with E-state index in [-0.39, 0.29) is 12.1 Å². The van der Waals surface area contributed by atoms with E-state index >= 15 is 0 Å². The number of amides is 2. The van der Waals surface area contributed by atoms with E-state index in [0.717, 1.165) is 5.75 Å². The molecule has 0 saturated carbocycles. The molecule has 1 aromatic carbocycles. The molecule has 1 atom stereocenters. The number of hydrogen-bond acceptors (Lipinski definition) is 3. The Balaban J connectivity index is 1.92. The molecular weight excluding hydrogens is 246 g/mol. The van der Waals surface area contributed by atoms with Crippen LogP contribution in [0.4, 0.5) is 10.5 Å². The molecule has 1 saturated heterocycles. The summed E-state index contributed by atoms with van der Waals surface area (Å²) in [6, 6.07) is 6.81. The van der Waals surface area contributed by atoms with Crippen molar-refractivity contribution in [3.8, 4) is 5.75 Å². The van der Waals surface area contributed by atoms with Gasteiger partial charge in [0.25, 0.3) is 0 Å². The lowest BCUT2D eigenvalue weighted by Gasteiger charge is -2.16. The Hall–Kier alpha value is -2.40. The molecule has 1 N–H and O–H groups in total. The molecule has 0 bridgehead atoms. The van der Waals surface area contributed by atoms with Gasteiger partial charge in [-0.3, -0.25) is 0 Å². The topological polar surface area (TPSA) is 90.3 Å². The van der Waals surface area contributed by atoms with Crippen LogP contribution < -0.4 is 10.1 Å². The van der Waals surface area contributed by atoms with Gasteiger partial charge in [0.05, 0.1) is 13.2 Å². The number of urea groups is 1. The van der Waals surface area contributed by atoms with E-state index in [0.29, 0.717) is 25.2 Å². The molecule has 100 valence electrons. The van der Waals surface area contributed by atoms with Crippen molar-refractivity contribution in [2.75, 3.05) is 25.5 Å². The minimum atomic E-state index is -0.180. The molecule has 19 heavy (non-hydrogen) atoms. The summed E-state index contributed by atoms with van der Waals surface area (Å²) >= 11 is 0. The largest absolute Gasteiger partial charge is 0.497 e. The van der Waals surface area contributed by atoms with Gasteiger partial charge in [-0.05, 0) is 36.2 Å². The normalized spacial score (nSPS) is 17.7. The van der Waals surface area contributed by atoms with E-state index in [2.05, 4.69) is 15.3 Å². The van der Waals surface area contributed by atoms with Gasteiger partial charge in [-0.25, -0.2) is 4.79 Å². The van der Waals surface area contributed by atoms with Crippen molar-refractivity contribution in [1.29, 1.82) is 0 Å². The van der Waals surface area contributed by atoms with Crippen LogP contribution in [-0.4, -0.2) is 37.2 Å². The number of likely N-dealkylation sites (tertiary alicyclic amines) is 1. The number of nitrogens with one attached hydrogen (secondary N) is 1. The maximum atomic E-state index is 12.0. The van der Waals surface area contributed by atoms with Crippen molar-refractivity contribution in [3.05, 3.63) is 34.7 Å². The molecule has 0 spiro atoms. The lowest BCUT2D eigenvalue weighted by molar-refractivity contribution is 0.222. The second-order valence-electron chi connectivity index (χ2n) is 4.25. The Bertz CT molecular complexity index is 495. The van der Waals surface area contributed by atoms with Crippen LogP contribution in [0.25, 0.3) is 10.4 Å². The van der Waals surface area contributed by atoms with E-state index in [9.17, 15) is 4.79 Å². The van der Waals surface area contributed by atoms with Crippen LogP contribution in [0.5, 0.6) is 5.75 Å². The Labute approximate surface area is 110 Å². The van der Waals surface area contributed by atoms with Crippen LogP contribution >= 0.6 is 0 Å². The second-order valence-corrected chi connectivity index (χ2v) is 4.25. The first-order valence-corrected chi connectivity index (χ1v) is 5.97. The fourth-order valence-corrected chi connectivity index (χ4v) is 1.97. The molecule has 2 amide bonds. The lowest BCUT2D eigenvalue weighted by Crippen LogP contribution is -2.33. The first-order chi connectivity index (χ1) is 9.22. The summed E-state index contributed by atoms with van der Waals surface area (Å²) in [5.74, 6) is 0.739. The number of hydrogen-bond donors (Lipinski definition) is 1. The quantitative estimate of drug-likeness (QED) is 0.514. The van der Waals surface area contributed by atoms with Crippen LogP contribution in [0.15, 0.2) is 29.4 Å². The number of rotatable bonds is 3. The molecule has 1 unspecified atom stereocenters. The summed E-state index contributed by atoms with van der Waals surface area (Å²) in [7, 11) is 1.59. The van der Waals surface area contributed by atoms with Gasteiger partial charge in [0.2, 0.25) is 0 Å². The van der Waals surface area contributed by atoms with Crippen molar-refractivity contribution in [3.63, 3.8) is 0 Å². The molecule has 1 aliphatic rings. The number of azide groups is 1. The Morgan fingerprint density at radius 1 is 1.53 bits per heavy atom. The van der Waals surface area contributed by atoms with Gasteiger partial charge in [-0.2, -0.15) is 0 Å². The zero-order valence-electron chi connectivity index (χ0n) is 10.6. The number of carbonyl (C=O) groups is 1. The number of benzene rings is 1. The van der Waals surface area contributed by atoms with Crippen LogP contribution in [0.1, 0.15) is 6.42 Å². The lowest BCUT2D eigenvalue weighted by atomic mass is 10.3. The highest BCUT2D eigenvalue weighted by molar-refractivity contribution is 5.89. The minimum Gasteiger partial charge on any atom is -0.497 e. The summed E-state index contributed by atoms with van der Waals surface area (Å²) in [4.78, 5) is 16.4. The molecule has 7 heteroatoms. The second kappa shape index (κ2) is 5.97. The molecule has 7 nitrogen and oxygen atoms in total. The zero-order chi connectivity index (χ0) is 13.7. The fraction of sp³-hybridized carbons (Fsp3) is 0.417. The van der Waals surface area contributed by atoms with Crippen molar-refractivity contribution >= 4 is 11.7 Å². The first kappa shape index (κ1) is 13.0. The molecule has 1 fully saturated rings. The highest BCUT2D eigenvalue weighted by Gasteiger charge is 2.25. The predicted octanol–water partition coefficient (Wildman–Crippen LogP) is 2.61. The number of nitrogens with zero attached hydrogens (tertiary/aromatic N) is 4. The smallest absolute Gasteiger partial charge is 0.321 e. The number of ether oxygens (including phenoxy) is 1. The number of carbonyl (C=O) groups excluding carboxylic acids is 1. The van der Waals surface area contributed by atoms with E-state index in [1.807, 2.05) is 0 Å². The minimum absolute atomic E-state index is 0.119. The van der Waals surface area contributed by atoms with E-state index in [1.54, 1.807) is 36.3 Å². The third-order valence-electron chi connectivity index (χ3n) is 3.01. The molecule has 2 rings (SSSR count). The van der Waals surface area contributed by atoms with Crippen molar-refractivity contribution < 1.29 is 9.53 Å². The maximum Gasteiger partial charge on any atom is 0.321 e. The fourth-order valence-electron chi connectivity index (χ4n) is 1.97. The molecular formula is C12H15N5O2. The summed E-state index contributed by atoms with van der Waals surface area (Å²) in [6.07, 6.45) is 0.708. The van der Waals surface area contributed by atoms with Crippen LogP contribution in [0.2, 0.25) is 0 Å². The highest BCUT2D eigenvalue weighted by atomic mass is 16.5. The Kier molecular flexibility index (Phi) is 4.10. The monoisotopic (exact) mass is 261 g/mol. The summed E-state index contributed by atoms with van der Waals surface area (Å²) in [5, 5.41) is 6.42. The maximum absolute atomic E-state index is 12.0. The molecule has 0 aromatic heterocycles. The van der Waals surface area contributed by atoms with Gasteiger partial charge in [0.1, 0.15) is 5.75 Å². The van der Waals surface area contributed by atoms with Crippen molar-refractivity contribution in [2.45, 2.75) is 12.5 Å². The highest BCUT2D eigenvalue weighted by Crippen LogP contribution is 2.17. The average Bonchev–Trinajstić information content (AvgIpc) is 2.89. The Morgan fingerprint density at radius 2 is 2.26 bits per heavy atom. The third kappa shape index (κ3) is 3.29. The number of anilines is 1. The molecule has 1 aromatic rings. The van der Waals surface area contributed by atoms with Gasteiger partial charge in [-0.15, -0.1) is 0 Å². The Morgan fingerprint density at radius 3 is 2.89 bits per heavy atom. The van der Waals surface area contributed by atoms with E-state index in [1.165, 1.54) is 0 Å². The van der Waals surface area contributed by atoms with Gasteiger partial charge in [-0.1, -0.05) is 5.11 Å². The van der Waals surface area contributed by atoms with Gasteiger partial charge < -0.3 is 15.0 Å². The molecule has 0 aliphatic carbocycles. The van der Waals surface area contributed by atoms with Crippen LogP contribution in [0, 0.1) is 0 Å². The predicted molar refractivity (Wildman–Crippen MR) is 71.1 cm³/mol. The first-order valence-electron chi connectivity index (χ1n) is 5.97. The SMILES string of the molecule is COc1ccc(NC(=O)N2CCC(N=[N+]=[N-])C2)cc1. The van der Waals surface area contributed by atoms with Crippen molar-refractivity contribution in [1.82, 2.24) is 4.90 Å². The third-order valence-corrected chi connectivity index (χ3v) is 3.01. The van der Waals surface area contributed by atoms with E-state index < -0.39 is 0 Å².